The molecule has 1 aliphatic rings. The number of benzene rings is 2. The van der Waals surface area contributed by atoms with Gasteiger partial charge in [-0.15, -0.1) is 0 Å². The van der Waals surface area contributed by atoms with Crippen molar-refractivity contribution in [2.75, 3.05) is 43.5 Å². The van der Waals surface area contributed by atoms with Crippen LogP contribution >= 0.6 is 23.2 Å². The highest BCUT2D eigenvalue weighted by atomic mass is 35.5. The predicted molar refractivity (Wildman–Crippen MR) is 107 cm³/mol. The first-order chi connectivity index (χ1) is 13.0. The fourth-order valence-corrected chi connectivity index (χ4v) is 3.12. The highest BCUT2D eigenvalue weighted by molar-refractivity contribution is 6.34. The summed E-state index contributed by atoms with van der Waals surface area (Å²) < 4.78 is 5.26. The lowest BCUT2D eigenvalue weighted by atomic mass is 10.1. The normalized spacial score (nSPS) is 13.9. The molecule has 1 saturated heterocycles. The number of morpholine rings is 1. The minimum atomic E-state index is -0.243. The van der Waals surface area contributed by atoms with Crippen LogP contribution in [-0.4, -0.2) is 49.6 Å². The Morgan fingerprint density at radius 2 is 1.78 bits per heavy atom. The number of nitrogens with zero attached hydrogens (tertiary/aromatic N) is 1. The second-order valence-electron chi connectivity index (χ2n) is 5.98. The molecule has 1 heterocycles. The topological polar surface area (TPSA) is 70.7 Å². The molecule has 27 heavy (non-hydrogen) atoms. The first-order valence-electron chi connectivity index (χ1n) is 8.49. The lowest BCUT2D eigenvalue weighted by molar-refractivity contribution is -0.114. The zero-order valence-electron chi connectivity index (χ0n) is 14.5. The molecule has 0 atom stereocenters. The van der Waals surface area contributed by atoms with Gasteiger partial charge in [-0.1, -0.05) is 35.3 Å². The molecule has 6 nitrogen and oxygen atoms in total. The van der Waals surface area contributed by atoms with E-state index in [1.165, 1.54) is 0 Å². The van der Waals surface area contributed by atoms with E-state index in [1.54, 1.807) is 47.4 Å². The molecule has 142 valence electrons. The number of carbonyl (C=O) groups is 2. The Hall–Kier alpha value is -2.28. The Bertz CT molecular complexity index is 839. The maximum absolute atomic E-state index is 12.5. The van der Waals surface area contributed by atoms with E-state index in [-0.39, 0.29) is 18.4 Å². The van der Waals surface area contributed by atoms with Crippen molar-refractivity contribution >= 4 is 46.4 Å². The summed E-state index contributed by atoms with van der Waals surface area (Å²) in [6.45, 7) is 2.21. The number of halogens is 2. The van der Waals surface area contributed by atoms with E-state index >= 15 is 0 Å². The van der Waals surface area contributed by atoms with Gasteiger partial charge in [0.25, 0.3) is 5.91 Å². The van der Waals surface area contributed by atoms with Gasteiger partial charge in [0.15, 0.2) is 0 Å². The summed E-state index contributed by atoms with van der Waals surface area (Å²) in [5.41, 5.74) is 1.63. The highest BCUT2D eigenvalue weighted by Gasteiger charge is 2.20. The Kier molecular flexibility index (Phi) is 6.55. The molecule has 0 bridgehead atoms. The molecule has 1 fully saturated rings. The van der Waals surface area contributed by atoms with Gasteiger partial charge in [0.2, 0.25) is 5.91 Å². The zero-order valence-corrected chi connectivity index (χ0v) is 16.0. The van der Waals surface area contributed by atoms with E-state index in [4.69, 9.17) is 27.9 Å². The molecular weight excluding hydrogens is 389 g/mol. The second-order valence-corrected chi connectivity index (χ2v) is 6.80. The number of amides is 2. The van der Waals surface area contributed by atoms with Crippen LogP contribution in [0.4, 0.5) is 11.4 Å². The number of nitrogens with one attached hydrogen (secondary N) is 2. The summed E-state index contributed by atoms with van der Waals surface area (Å²) in [5, 5.41) is 6.52. The van der Waals surface area contributed by atoms with E-state index in [0.29, 0.717) is 53.3 Å². The third kappa shape index (κ3) is 5.13. The SMILES string of the molecule is O=C(CNc1ccc(C(=O)N2CCOCC2)c(Cl)c1)Nc1ccccc1Cl. The quantitative estimate of drug-likeness (QED) is 0.795. The summed E-state index contributed by atoms with van der Waals surface area (Å²) in [6.07, 6.45) is 0. The molecule has 0 saturated carbocycles. The standard InChI is InChI=1S/C19H19Cl2N3O3/c20-15-3-1-2-4-17(15)23-18(25)12-22-13-5-6-14(16(21)11-13)19(26)24-7-9-27-10-8-24/h1-6,11,22H,7-10,12H2,(H,23,25). The summed E-state index contributed by atoms with van der Waals surface area (Å²) in [7, 11) is 0. The molecule has 0 aliphatic carbocycles. The van der Waals surface area contributed by atoms with Gasteiger partial charge in [0, 0.05) is 18.8 Å². The Morgan fingerprint density at radius 1 is 1.04 bits per heavy atom. The van der Waals surface area contributed by atoms with Crippen molar-refractivity contribution in [1.29, 1.82) is 0 Å². The largest absolute Gasteiger partial charge is 0.378 e. The monoisotopic (exact) mass is 407 g/mol. The summed E-state index contributed by atoms with van der Waals surface area (Å²) in [6, 6.07) is 12.0. The lowest BCUT2D eigenvalue weighted by Crippen LogP contribution is -2.40. The van der Waals surface area contributed by atoms with Crippen LogP contribution < -0.4 is 10.6 Å². The van der Waals surface area contributed by atoms with Crippen molar-refractivity contribution in [3.05, 3.63) is 58.1 Å². The Labute approximate surface area is 167 Å². The van der Waals surface area contributed by atoms with Crippen molar-refractivity contribution in [1.82, 2.24) is 4.90 Å². The molecule has 0 unspecified atom stereocenters. The molecule has 2 amide bonds. The van der Waals surface area contributed by atoms with Crippen LogP contribution in [0.1, 0.15) is 10.4 Å². The number of ether oxygens (including phenoxy) is 1. The molecule has 8 heteroatoms. The molecule has 3 rings (SSSR count). The molecule has 1 aliphatic heterocycles. The van der Waals surface area contributed by atoms with E-state index in [2.05, 4.69) is 10.6 Å². The van der Waals surface area contributed by atoms with Crippen LogP contribution in [0.5, 0.6) is 0 Å². The molecule has 2 aromatic rings. The summed E-state index contributed by atoms with van der Waals surface area (Å²) in [5.74, 6) is -0.362. The molecule has 0 spiro atoms. The molecule has 2 aromatic carbocycles. The average molecular weight is 408 g/mol. The van der Waals surface area contributed by atoms with Crippen LogP contribution in [0.2, 0.25) is 10.0 Å². The number of rotatable bonds is 5. The van der Waals surface area contributed by atoms with Crippen LogP contribution in [0.15, 0.2) is 42.5 Å². The predicted octanol–water partition coefficient (Wildman–Crippen LogP) is 3.52. The van der Waals surface area contributed by atoms with Crippen LogP contribution in [0.3, 0.4) is 0 Å². The fourth-order valence-electron chi connectivity index (χ4n) is 2.67. The highest BCUT2D eigenvalue weighted by Crippen LogP contribution is 2.23. The van der Waals surface area contributed by atoms with Gasteiger partial charge in [-0.05, 0) is 30.3 Å². The average Bonchev–Trinajstić information content (AvgIpc) is 2.68. The van der Waals surface area contributed by atoms with Gasteiger partial charge in [0.1, 0.15) is 0 Å². The van der Waals surface area contributed by atoms with E-state index in [9.17, 15) is 9.59 Å². The number of hydrogen-bond donors (Lipinski definition) is 2. The van der Waals surface area contributed by atoms with Crippen molar-refractivity contribution < 1.29 is 14.3 Å². The third-order valence-corrected chi connectivity index (χ3v) is 4.74. The van der Waals surface area contributed by atoms with Gasteiger partial charge in [-0.3, -0.25) is 9.59 Å². The van der Waals surface area contributed by atoms with Gasteiger partial charge in [0.05, 0.1) is 41.1 Å². The van der Waals surface area contributed by atoms with Gasteiger partial charge in [-0.25, -0.2) is 0 Å². The van der Waals surface area contributed by atoms with Gasteiger partial charge in [-0.2, -0.15) is 0 Å². The van der Waals surface area contributed by atoms with E-state index in [0.717, 1.165) is 0 Å². The Morgan fingerprint density at radius 3 is 2.48 bits per heavy atom. The lowest BCUT2D eigenvalue weighted by Gasteiger charge is -2.27. The smallest absolute Gasteiger partial charge is 0.255 e. The van der Waals surface area contributed by atoms with E-state index in [1.807, 2.05) is 0 Å². The molecule has 2 N–H and O–H groups in total. The summed E-state index contributed by atoms with van der Waals surface area (Å²) >= 11 is 12.3. The molecule has 0 aromatic heterocycles. The van der Waals surface area contributed by atoms with Crippen LogP contribution in [-0.2, 0) is 9.53 Å². The fraction of sp³-hybridized carbons (Fsp3) is 0.263. The van der Waals surface area contributed by atoms with Gasteiger partial charge < -0.3 is 20.3 Å². The van der Waals surface area contributed by atoms with Crippen molar-refractivity contribution in [2.24, 2.45) is 0 Å². The zero-order chi connectivity index (χ0) is 19.2. The first kappa shape index (κ1) is 19.5. The number of para-hydroxylation sites is 1. The Balaban J connectivity index is 1.58. The molecular formula is C19H19Cl2N3O3. The number of carbonyl (C=O) groups excluding carboxylic acids is 2. The molecule has 0 radical (unpaired) electrons. The maximum Gasteiger partial charge on any atom is 0.255 e. The number of hydrogen-bond acceptors (Lipinski definition) is 4. The van der Waals surface area contributed by atoms with Crippen molar-refractivity contribution in [3.8, 4) is 0 Å². The number of anilines is 2. The third-order valence-electron chi connectivity index (χ3n) is 4.10. The van der Waals surface area contributed by atoms with Crippen molar-refractivity contribution in [3.63, 3.8) is 0 Å². The minimum absolute atomic E-state index is 0.0400. The first-order valence-corrected chi connectivity index (χ1v) is 9.25. The van der Waals surface area contributed by atoms with E-state index < -0.39 is 0 Å². The van der Waals surface area contributed by atoms with Gasteiger partial charge >= 0.3 is 0 Å². The minimum Gasteiger partial charge on any atom is -0.378 e. The van der Waals surface area contributed by atoms with Crippen LogP contribution in [0.25, 0.3) is 0 Å². The second kappa shape index (κ2) is 9.08. The van der Waals surface area contributed by atoms with Crippen LogP contribution in [0, 0.1) is 0 Å². The summed E-state index contributed by atoms with van der Waals surface area (Å²) in [4.78, 5) is 26.3. The van der Waals surface area contributed by atoms with Crippen molar-refractivity contribution in [2.45, 2.75) is 0 Å². The maximum atomic E-state index is 12.5.